The Morgan fingerprint density at radius 3 is 2.52 bits per heavy atom. The highest BCUT2D eigenvalue weighted by Gasteiger charge is 2.20. The Morgan fingerprint density at radius 2 is 2.00 bits per heavy atom. The molecule has 0 bridgehead atoms. The lowest BCUT2D eigenvalue weighted by Crippen LogP contribution is -2.35. The van der Waals surface area contributed by atoms with Crippen molar-refractivity contribution in [3.05, 3.63) is 56.2 Å². The fraction of sp³-hybridized carbons (Fsp3) is 0.267. The second kappa shape index (κ2) is 7.94. The lowest BCUT2D eigenvalue weighted by molar-refractivity contribution is -0.131. The van der Waals surface area contributed by atoms with Crippen LogP contribution in [-0.2, 0) is 11.3 Å². The fourth-order valence-corrected chi connectivity index (χ4v) is 3.13. The van der Waals surface area contributed by atoms with E-state index in [1.165, 1.54) is 0 Å². The third-order valence-electron chi connectivity index (χ3n) is 3.12. The molecule has 1 heterocycles. The molecule has 0 radical (unpaired) electrons. The summed E-state index contributed by atoms with van der Waals surface area (Å²) in [4.78, 5) is 14.0. The van der Waals surface area contributed by atoms with E-state index in [9.17, 15) is 4.79 Å². The Kier molecular flexibility index (Phi) is 6.87. The Labute approximate surface area is 143 Å². The molecular weight excluding hydrogens is 372 g/mol. The zero-order valence-electron chi connectivity index (χ0n) is 11.9. The molecule has 2 rings (SSSR count). The molecule has 1 atom stereocenters. The van der Waals surface area contributed by atoms with Crippen molar-refractivity contribution in [1.29, 1.82) is 0 Å². The van der Waals surface area contributed by atoms with Gasteiger partial charge in [-0.15, -0.1) is 23.7 Å². The lowest BCUT2D eigenvalue weighted by Gasteiger charge is -2.21. The third-order valence-corrected chi connectivity index (χ3v) is 4.67. The number of carbonyl (C=O) groups excluding carboxylic acids is 1. The molecule has 114 valence electrons. The molecule has 0 saturated carbocycles. The highest BCUT2D eigenvalue weighted by Crippen LogP contribution is 2.22. The van der Waals surface area contributed by atoms with Gasteiger partial charge >= 0.3 is 0 Å². The van der Waals surface area contributed by atoms with Crippen LogP contribution in [-0.4, -0.2) is 17.9 Å². The van der Waals surface area contributed by atoms with Crippen molar-refractivity contribution >= 4 is 45.6 Å². The Bertz CT molecular complexity index is 600. The quantitative estimate of drug-likeness (QED) is 0.862. The zero-order chi connectivity index (χ0) is 14.7. The maximum Gasteiger partial charge on any atom is 0.244 e. The number of hydrogen-bond acceptors (Lipinski definition) is 3. The van der Waals surface area contributed by atoms with Gasteiger partial charge in [0.15, 0.2) is 0 Å². The van der Waals surface area contributed by atoms with Gasteiger partial charge in [-0.05, 0) is 45.4 Å². The minimum absolute atomic E-state index is 0. The first kappa shape index (κ1) is 18.2. The summed E-state index contributed by atoms with van der Waals surface area (Å²) in [6.45, 7) is 2.58. The summed E-state index contributed by atoms with van der Waals surface area (Å²) in [6, 6.07) is 9.17. The molecular formula is C15H18BrClN2OS. The van der Waals surface area contributed by atoms with Crippen LogP contribution in [0.2, 0.25) is 0 Å². The largest absolute Gasteiger partial charge is 0.340 e. The summed E-state index contributed by atoms with van der Waals surface area (Å²) in [5.74, 6) is -0.0730. The summed E-state index contributed by atoms with van der Waals surface area (Å²) in [6.07, 6.45) is 0. The number of nitrogens with two attached hydrogens (primary N) is 1. The van der Waals surface area contributed by atoms with E-state index < -0.39 is 6.04 Å². The number of carbonyl (C=O) groups is 1. The zero-order valence-corrected chi connectivity index (χ0v) is 15.1. The molecule has 3 nitrogen and oxygen atoms in total. The fourth-order valence-electron chi connectivity index (χ4n) is 1.93. The second-order valence-electron chi connectivity index (χ2n) is 4.84. The van der Waals surface area contributed by atoms with E-state index in [0.29, 0.717) is 6.54 Å². The van der Waals surface area contributed by atoms with Gasteiger partial charge < -0.3 is 10.6 Å². The predicted octanol–water partition coefficient (Wildman–Crippen LogP) is 3.90. The number of nitrogens with zero attached hydrogens (tertiary/aromatic N) is 1. The van der Waals surface area contributed by atoms with Gasteiger partial charge in [0, 0.05) is 13.6 Å². The van der Waals surface area contributed by atoms with Crippen LogP contribution in [0.4, 0.5) is 0 Å². The van der Waals surface area contributed by atoms with Crippen molar-refractivity contribution in [2.75, 3.05) is 7.05 Å². The number of halogens is 2. The van der Waals surface area contributed by atoms with Gasteiger partial charge in [0.1, 0.15) is 6.04 Å². The Morgan fingerprint density at radius 1 is 1.38 bits per heavy atom. The van der Waals surface area contributed by atoms with Crippen LogP contribution in [0.1, 0.15) is 22.7 Å². The van der Waals surface area contributed by atoms with E-state index in [1.54, 1.807) is 23.3 Å². The van der Waals surface area contributed by atoms with Crippen LogP contribution in [0.25, 0.3) is 0 Å². The van der Waals surface area contributed by atoms with E-state index in [2.05, 4.69) is 15.9 Å². The first-order valence-corrected chi connectivity index (χ1v) is 7.94. The number of likely N-dealkylation sites (N-methyl/N-ethyl adjacent to an activating group) is 1. The van der Waals surface area contributed by atoms with Gasteiger partial charge in [-0.2, -0.15) is 0 Å². The molecule has 0 fully saturated rings. The summed E-state index contributed by atoms with van der Waals surface area (Å²) < 4.78 is 1.07. The average molecular weight is 390 g/mol. The molecule has 0 aliphatic carbocycles. The minimum Gasteiger partial charge on any atom is -0.340 e. The van der Waals surface area contributed by atoms with Crippen molar-refractivity contribution in [1.82, 2.24) is 4.90 Å². The van der Waals surface area contributed by atoms with E-state index in [1.807, 2.05) is 42.6 Å². The van der Waals surface area contributed by atoms with Gasteiger partial charge in [-0.1, -0.05) is 29.8 Å². The normalized spacial score (nSPS) is 11.6. The maximum atomic E-state index is 12.3. The molecule has 2 aromatic rings. The molecule has 0 spiro atoms. The van der Waals surface area contributed by atoms with Gasteiger partial charge in [0.25, 0.3) is 0 Å². The number of rotatable bonds is 4. The molecule has 1 aromatic carbocycles. The molecule has 2 N–H and O–H groups in total. The van der Waals surface area contributed by atoms with Gasteiger partial charge in [-0.25, -0.2) is 0 Å². The highest BCUT2D eigenvalue weighted by molar-refractivity contribution is 9.11. The third kappa shape index (κ3) is 4.81. The van der Waals surface area contributed by atoms with E-state index in [4.69, 9.17) is 5.73 Å². The molecule has 0 aliphatic heterocycles. The monoisotopic (exact) mass is 388 g/mol. The molecule has 21 heavy (non-hydrogen) atoms. The summed E-state index contributed by atoms with van der Waals surface area (Å²) in [7, 11) is 1.78. The van der Waals surface area contributed by atoms with Gasteiger partial charge in [0.2, 0.25) is 5.91 Å². The highest BCUT2D eigenvalue weighted by atomic mass is 79.9. The average Bonchev–Trinajstić information content (AvgIpc) is 2.83. The Hall–Kier alpha value is -0.880. The molecule has 1 amide bonds. The predicted molar refractivity (Wildman–Crippen MR) is 93.8 cm³/mol. The topological polar surface area (TPSA) is 46.3 Å². The second-order valence-corrected chi connectivity index (χ2v) is 7.13. The standard InChI is InChI=1S/C15H17BrN2OS.ClH/c1-10-3-5-12(6-4-10)14(17)15(19)18(2)8-11-7-13(16)20-9-11;/h3-7,9,14H,8,17H2,1-2H3;1H. The van der Waals surface area contributed by atoms with Crippen molar-refractivity contribution in [2.24, 2.45) is 5.73 Å². The smallest absolute Gasteiger partial charge is 0.244 e. The SMILES string of the molecule is Cc1ccc(C(N)C(=O)N(C)Cc2csc(Br)c2)cc1.Cl. The van der Waals surface area contributed by atoms with Crippen LogP contribution < -0.4 is 5.73 Å². The molecule has 1 aromatic heterocycles. The van der Waals surface area contributed by atoms with Crippen molar-refractivity contribution < 1.29 is 4.79 Å². The summed E-state index contributed by atoms with van der Waals surface area (Å²) in [5, 5.41) is 2.03. The first-order chi connectivity index (χ1) is 9.47. The molecule has 0 aliphatic rings. The van der Waals surface area contributed by atoms with Gasteiger partial charge in [0.05, 0.1) is 3.79 Å². The lowest BCUT2D eigenvalue weighted by atomic mass is 10.0. The number of hydrogen-bond donors (Lipinski definition) is 1. The van der Waals surface area contributed by atoms with Crippen molar-refractivity contribution in [3.8, 4) is 0 Å². The summed E-state index contributed by atoms with van der Waals surface area (Å²) >= 11 is 5.03. The molecule has 1 unspecified atom stereocenters. The van der Waals surface area contributed by atoms with Crippen molar-refractivity contribution in [2.45, 2.75) is 19.5 Å². The number of benzene rings is 1. The van der Waals surface area contributed by atoms with Crippen LogP contribution in [0.15, 0.2) is 39.5 Å². The van der Waals surface area contributed by atoms with Crippen LogP contribution in [0.3, 0.4) is 0 Å². The number of aryl methyl sites for hydroxylation is 1. The van der Waals surface area contributed by atoms with Crippen LogP contribution in [0, 0.1) is 6.92 Å². The minimum atomic E-state index is -0.609. The van der Waals surface area contributed by atoms with E-state index in [-0.39, 0.29) is 18.3 Å². The van der Waals surface area contributed by atoms with E-state index in [0.717, 1.165) is 20.5 Å². The van der Waals surface area contributed by atoms with Gasteiger partial charge in [-0.3, -0.25) is 4.79 Å². The molecule has 6 heteroatoms. The van der Waals surface area contributed by atoms with Crippen LogP contribution >= 0.6 is 39.7 Å². The Balaban J connectivity index is 0.00000220. The van der Waals surface area contributed by atoms with E-state index >= 15 is 0 Å². The maximum absolute atomic E-state index is 12.3. The van der Waals surface area contributed by atoms with Crippen LogP contribution in [0.5, 0.6) is 0 Å². The first-order valence-electron chi connectivity index (χ1n) is 6.27. The summed E-state index contributed by atoms with van der Waals surface area (Å²) in [5.41, 5.74) is 9.16. The number of thiophene rings is 1. The van der Waals surface area contributed by atoms with Crippen molar-refractivity contribution in [3.63, 3.8) is 0 Å². The number of amides is 1. The molecule has 0 saturated heterocycles.